The van der Waals surface area contributed by atoms with Crippen molar-refractivity contribution in [2.75, 3.05) is 0 Å². The first-order valence-corrected chi connectivity index (χ1v) is 8.68. The predicted octanol–water partition coefficient (Wildman–Crippen LogP) is 5.49. The Labute approximate surface area is 139 Å². The molecule has 0 bridgehead atoms. The molecule has 2 heteroatoms. The summed E-state index contributed by atoms with van der Waals surface area (Å²) in [6.45, 7) is 7.10. The van der Waals surface area contributed by atoms with E-state index in [1.165, 1.54) is 12.0 Å². The summed E-state index contributed by atoms with van der Waals surface area (Å²) in [5.41, 5.74) is 1.69. The van der Waals surface area contributed by atoms with Crippen molar-refractivity contribution in [3.63, 3.8) is 0 Å². The summed E-state index contributed by atoms with van der Waals surface area (Å²) in [6, 6.07) is 7.80. The highest BCUT2D eigenvalue weighted by Crippen LogP contribution is 2.55. The van der Waals surface area contributed by atoms with Crippen LogP contribution in [0.1, 0.15) is 52.0 Å². The molecule has 23 heavy (non-hydrogen) atoms. The first-order chi connectivity index (χ1) is 10.8. The largest absolute Gasteiger partial charge is 0.508 e. The Morgan fingerprint density at radius 1 is 1.04 bits per heavy atom. The van der Waals surface area contributed by atoms with Crippen LogP contribution < -0.4 is 0 Å². The molecule has 1 saturated carbocycles. The van der Waals surface area contributed by atoms with Crippen LogP contribution in [0.25, 0.3) is 0 Å². The van der Waals surface area contributed by atoms with Gasteiger partial charge in [-0.3, -0.25) is 0 Å². The van der Waals surface area contributed by atoms with Gasteiger partial charge in [-0.2, -0.15) is 0 Å². The second-order valence-corrected chi connectivity index (χ2v) is 8.39. The number of benzene rings is 1. The second kappa shape index (κ2) is 5.74. The van der Waals surface area contributed by atoms with E-state index in [0.29, 0.717) is 28.8 Å². The Morgan fingerprint density at radius 3 is 2.30 bits per heavy atom. The van der Waals surface area contributed by atoms with Crippen LogP contribution in [0.4, 0.5) is 0 Å². The van der Waals surface area contributed by atoms with Gasteiger partial charge in [0, 0.05) is 5.41 Å². The van der Waals surface area contributed by atoms with Crippen LogP contribution in [0.5, 0.6) is 5.75 Å². The number of allylic oxidation sites excluding steroid dienone is 3. The standard InChI is InChI=1S/C21H28O2/c1-15-12-20(2,3)14-21(13-15,16-4-8-18(22)9-5-16)17-6-10-19(23)11-7-17/h4-6,8-11,15,17,22-23H,7,12-14H2,1-3H3. The number of phenols is 1. The van der Waals surface area contributed by atoms with Crippen LogP contribution in [0, 0.1) is 17.3 Å². The Morgan fingerprint density at radius 2 is 1.74 bits per heavy atom. The lowest BCUT2D eigenvalue weighted by atomic mass is 9.52. The Hall–Kier alpha value is -1.70. The molecule has 1 aromatic carbocycles. The number of phenolic OH excluding ortho intramolecular Hbond substituents is 1. The van der Waals surface area contributed by atoms with Crippen molar-refractivity contribution in [1.82, 2.24) is 0 Å². The van der Waals surface area contributed by atoms with E-state index in [4.69, 9.17) is 0 Å². The third-order valence-corrected chi connectivity index (χ3v) is 5.64. The maximum absolute atomic E-state index is 9.71. The summed E-state index contributed by atoms with van der Waals surface area (Å²) in [5.74, 6) is 1.76. The monoisotopic (exact) mass is 312 g/mol. The van der Waals surface area contributed by atoms with Gasteiger partial charge in [-0.25, -0.2) is 0 Å². The molecule has 0 heterocycles. The fraction of sp³-hybridized carbons (Fsp3) is 0.524. The van der Waals surface area contributed by atoms with Gasteiger partial charge in [0.1, 0.15) is 11.5 Å². The highest BCUT2D eigenvalue weighted by atomic mass is 16.3. The number of aliphatic hydroxyl groups is 1. The average molecular weight is 312 g/mol. The summed E-state index contributed by atoms with van der Waals surface area (Å²) >= 11 is 0. The molecule has 0 amide bonds. The van der Waals surface area contributed by atoms with E-state index in [0.717, 1.165) is 19.3 Å². The van der Waals surface area contributed by atoms with E-state index in [-0.39, 0.29) is 5.41 Å². The van der Waals surface area contributed by atoms with Gasteiger partial charge >= 0.3 is 0 Å². The van der Waals surface area contributed by atoms with Gasteiger partial charge in [0.15, 0.2) is 0 Å². The molecule has 3 atom stereocenters. The molecule has 1 aromatic rings. The molecular weight excluding hydrogens is 284 g/mol. The van der Waals surface area contributed by atoms with Gasteiger partial charge in [0.25, 0.3) is 0 Å². The van der Waals surface area contributed by atoms with Gasteiger partial charge < -0.3 is 10.2 Å². The van der Waals surface area contributed by atoms with E-state index in [9.17, 15) is 10.2 Å². The topological polar surface area (TPSA) is 40.5 Å². The maximum atomic E-state index is 9.71. The molecule has 0 aliphatic heterocycles. The molecule has 0 aromatic heterocycles. The molecule has 1 fully saturated rings. The molecule has 0 saturated heterocycles. The van der Waals surface area contributed by atoms with Crippen molar-refractivity contribution in [1.29, 1.82) is 0 Å². The van der Waals surface area contributed by atoms with Crippen molar-refractivity contribution in [3.05, 3.63) is 53.8 Å². The van der Waals surface area contributed by atoms with E-state index in [1.54, 1.807) is 0 Å². The molecule has 3 rings (SSSR count). The molecule has 3 unspecified atom stereocenters. The van der Waals surface area contributed by atoms with Gasteiger partial charge in [-0.15, -0.1) is 0 Å². The fourth-order valence-corrected chi connectivity index (χ4v) is 5.16. The predicted molar refractivity (Wildman–Crippen MR) is 94.5 cm³/mol. The quantitative estimate of drug-likeness (QED) is 0.757. The molecule has 124 valence electrons. The van der Waals surface area contributed by atoms with Crippen LogP contribution in [0.15, 0.2) is 48.3 Å². The minimum Gasteiger partial charge on any atom is -0.508 e. The SMILES string of the molecule is CC1CC(C)(C)CC(c2ccc(O)cc2)(C2C=CC(O)=CC2)C1. The normalized spacial score (nSPS) is 33.3. The highest BCUT2D eigenvalue weighted by Gasteiger charge is 2.47. The van der Waals surface area contributed by atoms with Crippen molar-refractivity contribution in [3.8, 4) is 5.75 Å². The maximum Gasteiger partial charge on any atom is 0.115 e. The van der Waals surface area contributed by atoms with E-state index >= 15 is 0 Å². The molecule has 2 aliphatic rings. The minimum absolute atomic E-state index is 0.0720. The highest BCUT2D eigenvalue weighted by molar-refractivity contribution is 5.36. The summed E-state index contributed by atoms with van der Waals surface area (Å²) in [6.07, 6.45) is 10.4. The lowest BCUT2D eigenvalue weighted by Gasteiger charge is -2.52. The van der Waals surface area contributed by atoms with Crippen molar-refractivity contribution in [2.24, 2.45) is 17.3 Å². The lowest BCUT2D eigenvalue weighted by molar-refractivity contribution is 0.0747. The van der Waals surface area contributed by atoms with Crippen LogP contribution >= 0.6 is 0 Å². The van der Waals surface area contributed by atoms with E-state index in [1.807, 2.05) is 24.3 Å². The fourth-order valence-electron chi connectivity index (χ4n) is 5.16. The lowest BCUT2D eigenvalue weighted by Crippen LogP contribution is -2.45. The second-order valence-electron chi connectivity index (χ2n) is 8.39. The number of rotatable bonds is 2. The van der Waals surface area contributed by atoms with Gasteiger partial charge in [-0.05, 0) is 72.8 Å². The molecule has 2 N–H and O–H groups in total. The molecule has 2 nitrogen and oxygen atoms in total. The van der Waals surface area contributed by atoms with Crippen molar-refractivity contribution >= 4 is 0 Å². The van der Waals surface area contributed by atoms with Crippen molar-refractivity contribution in [2.45, 2.75) is 51.9 Å². The smallest absolute Gasteiger partial charge is 0.115 e. The van der Waals surface area contributed by atoms with Crippen LogP contribution in [-0.2, 0) is 5.41 Å². The number of hydrogen-bond acceptors (Lipinski definition) is 2. The minimum atomic E-state index is 0.0720. The number of hydrogen-bond donors (Lipinski definition) is 2. The van der Waals surface area contributed by atoms with Crippen molar-refractivity contribution < 1.29 is 10.2 Å². The zero-order chi connectivity index (χ0) is 16.7. The van der Waals surface area contributed by atoms with E-state index in [2.05, 4.69) is 39.0 Å². The average Bonchev–Trinajstić information content (AvgIpc) is 2.46. The molecule has 0 spiro atoms. The summed E-state index contributed by atoms with van der Waals surface area (Å²) in [7, 11) is 0. The van der Waals surface area contributed by atoms with Gasteiger partial charge in [0.05, 0.1) is 0 Å². The summed E-state index contributed by atoms with van der Waals surface area (Å²) < 4.78 is 0. The molecular formula is C21H28O2. The summed E-state index contributed by atoms with van der Waals surface area (Å²) in [4.78, 5) is 0. The molecule has 0 radical (unpaired) electrons. The van der Waals surface area contributed by atoms with E-state index < -0.39 is 0 Å². The first kappa shape index (κ1) is 16.2. The Kier molecular flexibility index (Phi) is 4.03. The Bertz CT molecular complexity index is 624. The van der Waals surface area contributed by atoms with Crippen LogP contribution in [0.2, 0.25) is 0 Å². The molecule has 2 aliphatic carbocycles. The van der Waals surface area contributed by atoms with Gasteiger partial charge in [0.2, 0.25) is 0 Å². The number of aromatic hydroxyl groups is 1. The Balaban J connectivity index is 2.06. The first-order valence-electron chi connectivity index (χ1n) is 8.68. The zero-order valence-electron chi connectivity index (χ0n) is 14.4. The van der Waals surface area contributed by atoms with Crippen LogP contribution in [0.3, 0.4) is 0 Å². The third-order valence-electron chi connectivity index (χ3n) is 5.64. The summed E-state index contributed by atoms with van der Waals surface area (Å²) in [5, 5.41) is 19.4. The number of aliphatic hydroxyl groups excluding tert-OH is 1. The zero-order valence-corrected chi connectivity index (χ0v) is 14.4. The third kappa shape index (κ3) is 3.17. The van der Waals surface area contributed by atoms with Crippen LogP contribution in [-0.4, -0.2) is 10.2 Å². The van der Waals surface area contributed by atoms with Gasteiger partial charge in [-0.1, -0.05) is 39.0 Å².